The number of amides is 1. The van der Waals surface area contributed by atoms with Crippen molar-refractivity contribution < 1.29 is 27.5 Å². The van der Waals surface area contributed by atoms with Crippen LogP contribution < -0.4 is 14.4 Å². The Labute approximate surface area is 306 Å². The largest absolute Gasteiger partial charge is 0.490 e. The molecule has 1 amide bonds. The van der Waals surface area contributed by atoms with Gasteiger partial charge in [0.05, 0.1) is 23.1 Å². The van der Waals surface area contributed by atoms with Gasteiger partial charge in [0.15, 0.2) is 5.78 Å². The number of halogens is 1. The first-order chi connectivity index (χ1) is 24.4. The average molecular weight is 731 g/mol. The molecule has 51 heavy (non-hydrogen) atoms. The predicted octanol–water partition coefficient (Wildman–Crippen LogP) is 7.54. The lowest BCUT2D eigenvalue weighted by Crippen LogP contribution is -2.53. The summed E-state index contributed by atoms with van der Waals surface area (Å²) in [7, 11) is -2.33. The molecule has 7 rings (SSSR count). The molecule has 6 atom stereocenters. The van der Waals surface area contributed by atoms with Crippen LogP contribution in [0.15, 0.2) is 78.9 Å². The predicted molar refractivity (Wildman–Crippen MR) is 200 cm³/mol. The molecule has 3 aromatic carbocycles. The van der Waals surface area contributed by atoms with Crippen molar-refractivity contribution in [1.29, 1.82) is 0 Å². The summed E-state index contributed by atoms with van der Waals surface area (Å²) in [5.74, 6) is -0.0985. The third-order valence-electron chi connectivity index (χ3n) is 12.1. The van der Waals surface area contributed by atoms with Crippen LogP contribution in [0.3, 0.4) is 0 Å². The summed E-state index contributed by atoms with van der Waals surface area (Å²) in [5.41, 5.74) is 2.91. The number of fused-ring (bicyclic) bond motifs is 4. The van der Waals surface area contributed by atoms with E-state index in [1.54, 1.807) is 32.2 Å². The summed E-state index contributed by atoms with van der Waals surface area (Å²) < 4.78 is 42.5. The SMILES string of the molecule is CO[C@@]1(CC(=O)c2ccccc2)/C=C/C[C@H](C)[C@@H](C)S(=O)(=O)NC(=O)c2ccc3c(c2)N(C[C@@H]2CC[C@H]21)C[C@@]1(CCCc2cc(Cl)ccc21)CO3. The number of nitrogens with one attached hydrogen (secondary N) is 1. The maximum atomic E-state index is 13.9. The zero-order valence-electron chi connectivity index (χ0n) is 29.6. The minimum absolute atomic E-state index is 0.00319. The normalized spacial score (nSPS) is 30.8. The first-order valence-corrected chi connectivity index (χ1v) is 20.0. The fourth-order valence-corrected chi connectivity index (χ4v) is 10.3. The molecule has 10 heteroatoms. The molecular weight excluding hydrogens is 684 g/mol. The number of methoxy groups -OCH3 is 1. The van der Waals surface area contributed by atoms with Gasteiger partial charge in [-0.3, -0.25) is 9.59 Å². The summed E-state index contributed by atoms with van der Waals surface area (Å²) in [6, 6.07) is 20.7. The molecule has 270 valence electrons. The second kappa shape index (κ2) is 14.1. The summed E-state index contributed by atoms with van der Waals surface area (Å²) >= 11 is 6.47. The molecule has 3 aromatic rings. The van der Waals surface area contributed by atoms with Crippen LogP contribution in [0.1, 0.15) is 84.2 Å². The van der Waals surface area contributed by atoms with E-state index in [0.29, 0.717) is 42.5 Å². The first kappa shape index (κ1) is 35.7. The maximum absolute atomic E-state index is 13.9. The van der Waals surface area contributed by atoms with Crippen LogP contribution in [0.2, 0.25) is 5.02 Å². The van der Waals surface area contributed by atoms with E-state index in [2.05, 4.69) is 21.8 Å². The number of allylic oxidation sites excluding steroid dienone is 1. The number of rotatable bonds is 4. The van der Waals surface area contributed by atoms with Gasteiger partial charge in [-0.2, -0.15) is 0 Å². The summed E-state index contributed by atoms with van der Waals surface area (Å²) in [6.07, 6.45) is 9.32. The van der Waals surface area contributed by atoms with Crippen molar-refractivity contribution >= 4 is 39.0 Å². The topological polar surface area (TPSA) is 102 Å². The molecule has 0 saturated heterocycles. The number of aryl methyl sites for hydroxylation is 1. The molecule has 2 bridgehead atoms. The van der Waals surface area contributed by atoms with E-state index >= 15 is 0 Å². The quantitative estimate of drug-likeness (QED) is 0.219. The van der Waals surface area contributed by atoms with Gasteiger partial charge in [0.1, 0.15) is 5.75 Å². The van der Waals surface area contributed by atoms with Gasteiger partial charge >= 0.3 is 0 Å². The molecule has 0 radical (unpaired) electrons. The molecule has 1 N–H and O–H groups in total. The molecule has 1 fully saturated rings. The molecular formula is C41H47ClN2O6S. The molecule has 1 spiro atoms. The van der Waals surface area contributed by atoms with E-state index in [9.17, 15) is 18.0 Å². The Balaban J connectivity index is 1.33. The maximum Gasteiger partial charge on any atom is 0.264 e. The Hall–Kier alpha value is -3.66. The molecule has 1 saturated carbocycles. The lowest BCUT2D eigenvalue weighted by molar-refractivity contribution is -0.0742. The number of Topliss-reactive ketones (excluding diaryl/α,β-unsaturated/α-hetero) is 1. The molecule has 2 aliphatic heterocycles. The van der Waals surface area contributed by atoms with Crippen LogP contribution in [0.4, 0.5) is 5.69 Å². The number of nitrogens with zero attached hydrogens (tertiary/aromatic N) is 1. The lowest BCUT2D eigenvalue weighted by Gasteiger charge is -2.50. The van der Waals surface area contributed by atoms with Gasteiger partial charge in [0.25, 0.3) is 5.91 Å². The van der Waals surface area contributed by atoms with Gasteiger partial charge in [0, 0.05) is 48.2 Å². The van der Waals surface area contributed by atoms with E-state index in [-0.39, 0.29) is 40.9 Å². The Morgan fingerprint density at radius 2 is 1.88 bits per heavy atom. The van der Waals surface area contributed by atoms with E-state index in [0.717, 1.165) is 37.8 Å². The fraction of sp³-hybridized carbons (Fsp3) is 0.463. The number of carbonyl (C=O) groups excluding carboxylic acids is 2. The van der Waals surface area contributed by atoms with Crippen molar-refractivity contribution in [2.75, 3.05) is 31.7 Å². The van der Waals surface area contributed by atoms with Crippen molar-refractivity contribution in [1.82, 2.24) is 4.72 Å². The molecule has 4 aliphatic rings. The Kier molecular flexibility index (Phi) is 9.84. The standard InChI is InChI=1S/C41H47ClN2O6S/c1-27-9-7-20-41(49-3,23-37(45)29-10-5-4-6-11-29)35-16-13-32(35)24-44-25-40(19-8-12-30-21-33(42)15-17-34(30)40)26-50-38-18-14-31(22-36(38)44)39(46)43-51(47,48)28(27)2/h4-7,10-11,14-15,17-18,20-22,27-28,32,35H,8-9,12-13,16,19,23-26H2,1-3H3,(H,43,46)/b20-7+/t27-,28+,32-,35+,40-,41+/m0/s1. The lowest BCUT2D eigenvalue weighted by atomic mass is 9.62. The fourth-order valence-electron chi connectivity index (χ4n) is 8.81. The smallest absolute Gasteiger partial charge is 0.264 e. The van der Waals surface area contributed by atoms with Crippen LogP contribution in [0.25, 0.3) is 0 Å². The number of sulfonamides is 1. The highest BCUT2D eigenvalue weighted by atomic mass is 35.5. The Morgan fingerprint density at radius 3 is 2.63 bits per heavy atom. The Bertz CT molecular complexity index is 1950. The molecule has 0 unspecified atom stereocenters. The van der Waals surface area contributed by atoms with Gasteiger partial charge in [0.2, 0.25) is 10.0 Å². The van der Waals surface area contributed by atoms with Crippen molar-refractivity contribution in [3.63, 3.8) is 0 Å². The van der Waals surface area contributed by atoms with Crippen molar-refractivity contribution in [2.24, 2.45) is 17.8 Å². The monoisotopic (exact) mass is 730 g/mol. The van der Waals surface area contributed by atoms with Crippen molar-refractivity contribution in [3.05, 3.63) is 106 Å². The zero-order chi connectivity index (χ0) is 36.0. The van der Waals surface area contributed by atoms with Crippen LogP contribution in [-0.2, 0) is 26.6 Å². The summed E-state index contributed by atoms with van der Waals surface area (Å²) in [6.45, 7) is 5.26. The van der Waals surface area contributed by atoms with Gasteiger partial charge in [-0.15, -0.1) is 0 Å². The van der Waals surface area contributed by atoms with Crippen molar-refractivity contribution in [3.8, 4) is 5.75 Å². The molecule has 8 nitrogen and oxygen atoms in total. The van der Waals surface area contributed by atoms with Gasteiger partial charge in [-0.05, 0) is 105 Å². The average Bonchev–Trinajstić information content (AvgIpc) is 3.25. The minimum atomic E-state index is -4.01. The highest BCUT2D eigenvalue weighted by Crippen LogP contribution is 2.50. The van der Waals surface area contributed by atoms with E-state index in [1.807, 2.05) is 55.5 Å². The second-order valence-electron chi connectivity index (χ2n) is 15.2. The van der Waals surface area contributed by atoms with Crippen LogP contribution >= 0.6 is 11.6 Å². The van der Waals surface area contributed by atoms with Crippen LogP contribution in [0.5, 0.6) is 5.75 Å². The number of benzene rings is 3. The second-order valence-corrected chi connectivity index (χ2v) is 17.6. The number of hydrogen-bond donors (Lipinski definition) is 1. The third kappa shape index (κ3) is 6.85. The van der Waals surface area contributed by atoms with Gasteiger partial charge in [-0.25, -0.2) is 13.1 Å². The van der Waals surface area contributed by atoms with E-state index < -0.39 is 26.8 Å². The molecule has 2 aliphatic carbocycles. The number of hydrogen-bond acceptors (Lipinski definition) is 7. The Morgan fingerprint density at radius 1 is 1.08 bits per heavy atom. The molecule has 2 heterocycles. The first-order valence-electron chi connectivity index (χ1n) is 18.1. The summed E-state index contributed by atoms with van der Waals surface area (Å²) in [4.78, 5) is 29.8. The van der Waals surface area contributed by atoms with E-state index in [4.69, 9.17) is 21.1 Å². The van der Waals surface area contributed by atoms with Crippen LogP contribution in [0, 0.1) is 17.8 Å². The van der Waals surface area contributed by atoms with Crippen molar-refractivity contribution in [2.45, 2.75) is 75.1 Å². The van der Waals surface area contributed by atoms with E-state index in [1.165, 1.54) is 11.1 Å². The summed E-state index contributed by atoms with van der Waals surface area (Å²) in [5, 5.41) is -0.131. The minimum Gasteiger partial charge on any atom is -0.490 e. The van der Waals surface area contributed by atoms with Crippen LogP contribution in [-0.4, -0.2) is 57.8 Å². The highest BCUT2D eigenvalue weighted by Gasteiger charge is 2.50. The molecule has 0 aromatic heterocycles. The van der Waals surface area contributed by atoms with Gasteiger partial charge < -0.3 is 14.4 Å². The zero-order valence-corrected chi connectivity index (χ0v) is 31.1. The number of ketones is 1. The number of ether oxygens (including phenoxy) is 2. The van der Waals surface area contributed by atoms with Gasteiger partial charge in [-0.1, -0.05) is 67.1 Å². The number of anilines is 1. The highest BCUT2D eigenvalue weighted by molar-refractivity contribution is 7.90. The number of carbonyl (C=O) groups is 2. The third-order valence-corrected chi connectivity index (χ3v) is 14.3.